The molecule has 0 aliphatic rings. The van der Waals surface area contributed by atoms with E-state index in [0.717, 1.165) is 15.5 Å². The number of hydrogen-bond donors (Lipinski definition) is 1. The number of nitrogens with zero attached hydrogens (tertiary/aromatic N) is 1. The quantitative estimate of drug-likeness (QED) is 0.779. The van der Waals surface area contributed by atoms with Gasteiger partial charge in [0.25, 0.3) is 0 Å². The number of para-hydroxylation sites is 1. The largest absolute Gasteiger partial charge is 0.329 e. The lowest BCUT2D eigenvalue weighted by atomic mass is 10.3. The zero-order valence-electron chi connectivity index (χ0n) is 5.84. The summed E-state index contributed by atoms with van der Waals surface area (Å²) < 4.78 is 0.957. The molecule has 1 heterocycles. The van der Waals surface area contributed by atoms with Gasteiger partial charge in [0.1, 0.15) is 5.52 Å². The highest BCUT2D eigenvalue weighted by Gasteiger charge is 2.01. The molecule has 0 aliphatic carbocycles. The number of halogens is 3. The second-order valence-electron chi connectivity index (χ2n) is 2.16. The van der Waals surface area contributed by atoms with Crippen LogP contribution in [0.3, 0.4) is 0 Å². The van der Waals surface area contributed by atoms with Crippen molar-refractivity contribution in [3.8, 4) is 0 Å². The maximum absolute atomic E-state index is 5.67. The molecule has 1 aromatic heterocycles. The Morgan fingerprint density at radius 3 is 2.83 bits per heavy atom. The number of rotatable bonds is 0. The topological polar surface area (TPSA) is 28.7 Å². The van der Waals surface area contributed by atoms with Gasteiger partial charge in [-0.3, -0.25) is 0 Å². The van der Waals surface area contributed by atoms with Crippen molar-refractivity contribution in [1.29, 1.82) is 0 Å². The first-order valence-electron chi connectivity index (χ1n) is 3.07. The van der Waals surface area contributed by atoms with Gasteiger partial charge in [0.05, 0.1) is 5.52 Å². The summed E-state index contributed by atoms with van der Waals surface area (Å²) in [7, 11) is 0. The molecule has 1 N–H and O–H groups in total. The Balaban J connectivity index is 0.000000720. The zero-order valence-corrected chi connectivity index (χ0v) is 9.00. The molecule has 0 radical (unpaired) electrons. The molecule has 2 aromatic rings. The highest BCUT2D eigenvalue weighted by Crippen LogP contribution is 2.22. The molecule has 5 heteroatoms. The maximum Gasteiger partial charge on any atom is 0.201 e. The number of hydrogen-bond acceptors (Lipinski definition) is 1. The van der Waals surface area contributed by atoms with Gasteiger partial charge in [0.15, 0.2) is 0 Å². The van der Waals surface area contributed by atoms with Crippen molar-refractivity contribution >= 4 is 51.0 Å². The molecule has 0 amide bonds. The monoisotopic (exact) mass is 266 g/mol. The van der Waals surface area contributed by atoms with Crippen LogP contribution >= 0.6 is 39.9 Å². The van der Waals surface area contributed by atoms with Gasteiger partial charge in [0, 0.05) is 4.47 Å². The van der Waals surface area contributed by atoms with Gasteiger partial charge in [0.2, 0.25) is 5.28 Å². The van der Waals surface area contributed by atoms with E-state index in [1.807, 2.05) is 18.2 Å². The molecule has 0 saturated heterocycles. The summed E-state index contributed by atoms with van der Waals surface area (Å²) in [4.78, 5) is 7.00. The molecule has 64 valence electrons. The molecule has 0 saturated carbocycles. The third kappa shape index (κ3) is 1.58. The Bertz CT molecular complexity index is 399. The maximum atomic E-state index is 5.67. The Labute approximate surface area is 88.9 Å². The minimum Gasteiger partial charge on any atom is -0.329 e. The molecule has 0 atom stereocenters. The second-order valence-corrected chi connectivity index (χ2v) is 3.38. The summed E-state index contributed by atoms with van der Waals surface area (Å²) >= 11 is 9.04. The van der Waals surface area contributed by atoms with Crippen LogP contribution in [0.2, 0.25) is 5.28 Å². The van der Waals surface area contributed by atoms with Gasteiger partial charge >= 0.3 is 0 Å². The van der Waals surface area contributed by atoms with E-state index in [1.165, 1.54) is 0 Å². The van der Waals surface area contributed by atoms with E-state index in [-0.39, 0.29) is 12.4 Å². The molecule has 0 spiro atoms. The number of fused-ring (bicyclic) bond motifs is 1. The SMILES string of the molecule is Cl.Clc1nc2c(Br)cccc2[nH]1. The number of imidazole rings is 1. The Morgan fingerprint density at radius 2 is 2.17 bits per heavy atom. The van der Waals surface area contributed by atoms with Gasteiger partial charge in [-0.1, -0.05) is 6.07 Å². The molecular weight excluding hydrogens is 263 g/mol. The van der Waals surface area contributed by atoms with Crippen molar-refractivity contribution in [1.82, 2.24) is 9.97 Å². The van der Waals surface area contributed by atoms with E-state index in [1.54, 1.807) is 0 Å². The van der Waals surface area contributed by atoms with Crippen LogP contribution in [-0.2, 0) is 0 Å². The van der Waals surface area contributed by atoms with Crippen LogP contribution in [0.1, 0.15) is 0 Å². The average Bonchev–Trinajstić information content (AvgIpc) is 2.31. The molecular formula is C7H5BrCl2N2. The van der Waals surface area contributed by atoms with Crippen LogP contribution in [0.4, 0.5) is 0 Å². The molecule has 0 fully saturated rings. The van der Waals surface area contributed by atoms with Gasteiger partial charge in [-0.2, -0.15) is 0 Å². The van der Waals surface area contributed by atoms with E-state index in [0.29, 0.717) is 5.28 Å². The van der Waals surface area contributed by atoms with Crippen molar-refractivity contribution in [2.45, 2.75) is 0 Å². The number of H-pyrrole nitrogens is 1. The number of aromatic nitrogens is 2. The number of aromatic amines is 1. The van der Waals surface area contributed by atoms with E-state index in [9.17, 15) is 0 Å². The Kier molecular flexibility index (Phi) is 2.99. The van der Waals surface area contributed by atoms with Crippen molar-refractivity contribution in [2.75, 3.05) is 0 Å². The van der Waals surface area contributed by atoms with E-state index < -0.39 is 0 Å². The highest BCUT2D eigenvalue weighted by atomic mass is 79.9. The lowest BCUT2D eigenvalue weighted by Gasteiger charge is -1.88. The molecule has 0 unspecified atom stereocenters. The van der Waals surface area contributed by atoms with Gasteiger partial charge in [-0.25, -0.2) is 4.98 Å². The average molecular weight is 268 g/mol. The summed E-state index contributed by atoms with van der Waals surface area (Å²) in [6.07, 6.45) is 0. The third-order valence-corrected chi connectivity index (χ3v) is 2.25. The second kappa shape index (κ2) is 3.64. The summed E-state index contributed by atoms with van der Waals surface area (Å²) in [5.41, 5.74) is 1.82. The zero-order chi connectivity index (χ0) is 7.84. The predicted octanol–water partition coefficient (Wildman–Crippen LogP) is 3.40. The van der Waals surface area contributed by atoms with Crippen LogP contribution < -0.4 is 0 Å². The smallest absolute Gasteiger partial charge is 0.201 e. The minimum atomic E-state index is 0. The van der Waals surface area contributed by atoms with Crippen molar-refractivity contribution in [3.05, 3.63) is 28.0 Å². The number of benzene rings is 1. The first kappa shape index (κ1) is 9.84. The lowest BCUT2D eigenvalue weighted by molar-refractivity contribution is 1.34. The first-order chi connectivity index (χ1) is 5.27. The fraction of sp³-hybridized carbons (Fsp3) is 0. The van der Waals surface area contributed by atoms with Crippen LogP contribution in [-0.4, -0.2) is 9.97 Å². The molecule has 0 aliphatic heterocycles. The Hall–Kier alpha value is -0.250. The van der Waals surface area contributed by atoms with Gasteiger partial charge in [-0.05, 0) is 39.7 Å². The predicted molar refractivity (Wildman–Crippen MR) is 56.1 cm³/mol. The van der Waals surface area contributed by atoms with E-state index >= 15 is 0 Å². The summed E-state index contributed by atoms with van der Waals surface area (Å²) in [5, 5.41) is 0.423. The standard InChI is InChI=1S/C7H4BrClN2.ClH/c8-4-2-1-3-5-6(4)11-7(9)10-5;/h1-3H,(H,10,11);1H. The van der Waals surface area contributed by atoms with Gasteiger partial charge in [-0.15, -0.1) is 12.4 Å². The lowest BCUT2D eigenvalue weighted by Crippen LogP contribution is -1.69. The fourth-order valence-electron chi connectivity index (χ4n) is 0.967. The summed E-state index contributed by atoms with van der Waals surface area (Å²) in [6, 6.07) is 5.79. The highest BCUT2D eigenvalue weighted by molar-refractivity contribution is 9.10. The van der Waals surface area contributed by atoms with E-state index in [4.69, 9.17) is 11.6 Å². The van der Waals surface area contributed by atoms with Crippen molar-refractivity contribution < 1.29 is 0 Å². The Morgan fingerprint density at radius 1 is 1.42 bits per heavy atom. The van der Waals surface area contributed by atoms with Crippen LogP contribution in [0.5, 0.6) is 0 Å². The molecule has 2 nitrogen and oxygen atoms in total. The first-order valence-corrected chi connectivity index (χ1v) is 4.24. The summed E-state index contributed by atoms with van der Waals surface area (Å²) in [6.45, 7) is 0. The van der Waals surface area contributed by atoms with Crippen LogP contribution in [0.15, 0.2) is 22.7 Å². The third-order valence-electron chi connectivity index (χ3n) is 1.43. The van der Waals surface area contributed by atoms with Crippen molar-refractivity contribution in [2.24, 2.45) is 0 Å². The summed E-state index contributed by atoms with van der Waals surface area (Å²) in [5.74, 6) is 0. The van der Waals surface area contributed by atoms with Crippen molar-refractivity contribution in [3.63, 3.8) is 0 Å². The van der Waals surface area contributed by atoms with Gasteiger partial charge < -0.3 is 4.98 Å². The number of nitrogens with one attached hydrogen (secondary N) is 1. The normalized spacial score (nSPS) is 9.83. The fourth-order valence-corrected chi connectivity index (χ4v) is 1.61. The molecule has 2 rings (SSSR count). The van der Waals surface area contributed by atoms with Crippen LogP contribution in [0, 0.1) is 0 Å². The molecule has 12 heavy (non-hydrogen) atoms. The van der Waals surface area contributed by atoms with Crippen LogP contribution in [0.25, 0.3) is 11.0 Å². The molecule has 1 aromatic carbocycles. The van der Waals surface area contributed by atoms with E-state index in [2.05, 4.69) is 25.9 Å². The minimum absolute atomic E-state index is 0. The molecule has 0 bridgehead atoms.